The standard InChI is InChI=1S/C48H82O19/c1-43(2,61)13-9-14-48(8,67-41-38(60)35(57)32(54)25(20-50)63-41)22-10-16-47(7)30(22)23(52)18-28-45(5)15-12-29(44(3,4)27(45)11-17-46(28,47)6)65-42-39(36(58)33(55)26(21-51)64-42)66-40-37(59)34(56)31(53)24(19-49)62-40/h9,13,22-42,49-61H,10-12,14-21H2,1-8H3/b13-9+/t22?,23?,24?,25?,26?,27?,28?,29?,30?,31?,32?,33?,34?,35?,36?,37-,38?,39?,40?,41?,42?,45+,46-,47-,48+/m1/s1. The Morgan fingerprint density at radius 2 is 1.10 bits per heavy atom. The summed E-state index contributed by atoms with van der Waals surface area (Å²) >= 11 is 0. The van der Waals surface area contributed by atoms with Crippen LogP contribution in [0.25, 0.3) is 0 Å². The van der Waals surface area contributed by atoms with Crippen molar-refractivity contribution >= 4 is 0 Å². The zero-order chi connectivity index (χ0) is 49.6. The molecule has 20 unspecified atom stereocenters. The van der Waals surface area contributed by atoms with Crippen LogP contribution in [0.15, 0.2) is 12.2 Å². The summed E-state index contributed by atoms with van der Waals surface area (Å²) in [5, 5.41) is 139. The Labute approximate surface area is 393 Å². The van der Waals surface area contributed by atoms with Gasteiger partial charge < -0.3 is 94.8 Å². The minimum absolute atomic E-state index is 0.0608. The van der Waals surface area contributed by atoms with E-state index in [0.29, 0.717) is 25.7 Å². The maximum absolute atomic E-state index is 12.7. The van der Waals surface area contributed by atoms with Crippen molar-refractivity contribution in [1.82, 2.24) is 0 Å². The van der Waals surface area contributed by atoms with Crippen molar-refractivity contribution in [2.45, 2.75) is 222 Å². The van der Waals surface area contributed by atoms with Crippen molar-refractivity contribution in [2.75, 3.05) is 19.8 Å². The van der Waals surface area contributed by atoms with E-state index in [1.807, 2.05) is 13.0 Å². The molecule has 0 amide bonds. The Balaban J connectivity index is 1.14. The fourth-order valence-corrected chi connectivity index (χ4v) is 14.8. The molecular formula is C48H82O19. The highest BCUT2D eigenvalue weighted by Gasteiger charge is 2.72. The van der Waals surface area contributed by atoms with Crippen LogP contribution in [-0.2, 0) is 28.4 Å². The highest BCUT2D eigenvalue weighted by Crippen LogP contribution is 2.76. The van der Waals surface area contributed by atoms with Crippen LogP contribution < -0.4 is 0 Å². The van der Waals surface area contributed by atoms with Gasteiger partial charge in [-0.15, -0.1) is 0 Å². The van der Waals surface area contributed by atoms with Gasteiger partial charge in [-0.25, -0.2) is 0 Å². The molecule has 0 aromatic rings. The first-order valence-electron chi connectivity index (χ1n) is 24.4. The molecule has 67 heavy (non-hydrogen) atoms. The molecule has 388 valence electrons. The first-order chi connectivity index (χ1) is 31.1. The molecule has 7 fully saturated rings. The fourth-order valence-electron chi connectivity index (χ4n) is 14.8. The number of fused-ring (bicyclic) bond motifs is 5. The van der Waals surface area contributed by atoms with Crippen molar-refractivity contribution in [3.05, 3.63) is 12.2 Å². The van der Waals surface area contributed by atoms with Crippen molar-refractivity contribution in [1.29, 1.82) is 0 Å². The average Bonchev–Trinajstić information content (AvgIpc) is 3.65. The molecule has 4 saturated carbocycles. The number of ether oxygens (including phenoxy) is 6. The first-order valence-corrected chi connectivity index (χ1v) is 24.4. The summed E-state index contributed by atoms with van der Waals surface area (Å²) in [7, 11) is 0. The average molecular weight is 963 g/mol. The molecule has 13 N–H and O–H groups in total. The van der Waals surface area contributed by atoms with Gasteiger partial charge in [-0.1, -0.05) is 46.8 Å². The van der Waals surface area contributed by atoms with Crippen LogP contribution in [0.5, 0.6) is 0 Å². The van der Waals surface area contributed by atoms with E-state index in [1.165, 1.54) is 0 Å². The Bertz CT molecular complexity index is 1710. The fraction of sp³-hybridized carbons (Fsp3) is 0.958. The summed E-state index contributed by atoms with van der Waals surface area (Å²) in [6.45, 7) is 14.5. The zero-order valence-electron chi connectivity index (χ0n) is 40.3. The van der Waals surface area contributed by atoms with Crippen molar-refractivity contribution < 1.29 is 94.8 Å². The van der Waals surface area contributed by atoms with Crippen LogP contribution in [-0.4, -0.2) is 202 Å². The maximum Gasteiger partial charge on any atom is 0.187 e. The third kappa shape index (κ3) is 9.24. The molecule has 7 aliphatic rings. The number of hydrogen-bond acceptors (Lipinski definition) is 19. The van der Waals surface area contributed by atoms with Crippen molar-refractivity contribution in [3.8, 4) is 0 Å². The predicted molar refractivity (Wildman–Crippen MR) is 235 cm³/mol. The number of rotatable bonds is 13. The van der Waals surface area contributed by atoms with Gasteiger partial charge in [0.15, 0.2) is 18.9 Å². The molecule has 3 aliphatic heterocycles. The van der Waals surface area contributed by atoms with Crippen molar-refractivity contribution in [3.63, 3.8) is 0 Å². The molecule has 0 aromatic heterocycles. The molecule has 3 heterocycles. The molecule has 0 spiro atoms. The second-order valence-electron chi connectivity index (χ2n) is 23.3. The lowest BCUT2D eigenvalue weighted by atomic mass is 9.35. The van der Waals surface area contributed by atoms with Crippen LogP contribution in [0, 0.1) is 45.3 Å². The quantitative estimate of drug-likeness (QED) is 0.0773. The van der Waals surface area contributed by atoms with Gasteiger partial charge in [0.25, 0.3) is 0 Å². The van der Waals surface area contributed by atoms with Gasteiger partial charge in [-0.3, -0.25) is 0 Å². The third-order valence-electron chi connectivity index (χ3n) is 18.7. The van der Waals surface area contributed by atoms with Crippen LogP contribution in [0.3, 0.4) is 0 Å². The molecule has 19 nitrogen and oxygen atoms in total. The van der Waals surface area contributed by atoms with E-state index in [-0.39, 0.29) is 40.9 Å². The second kappa shape index (κ2) is 19.4. The maximum atomic E-state index is 12.7. The van der Waals surface area contributed by atoms with E-state index in [1.54, 1.807) is 19.9 Å². The number of aliphatic hydroxyl groups excluding tert-OH is 12. The smallest absolute Gasteiger partial charge is 0.187 e. The summed E-state index contributed by atoms with van der Waals surface area (Å²) in [5.74, 6) is -0.422. The van der Waals surface area contributed by atoms with Crippen LogP contribution >= 0.6 is 0 Å². The highest BCUT2D eigenvalue weighted by molar-refractivity contribution is 5.21. The van der Waals surface area contributed by atoms with Gasteiger partial charge in [0, 0.05) is 0 Å². The summed E-state index contributed by atoms with van der Waals surface area (Å²) in [6, 6.07) is 0. The molecule has 25 atom stereocenters. The lowest BCUT2D eigenvalue weighted by molar-refractivity contribution is -0.378. The lowest BCUT2D eigenvalue weighted by Gasteiger charge is -2.71. The molecule has 0 radical (unpaired) electrons. The van der Waals surface area contributed by atoms with E-state index < -0.39 is 146 Å². The molecule has 3 saturated heterocycles. The molecule has 0 bridgehead atoms. The van der Waals surface area contributed by atoms with Gasteiger partial charge in [0.05, 0.1) is 43.2 Å². The van der Waals surface area contributed by atoms with E-state index in [0.717, 1.165) is 19.3 Å². The summed E-state index contributed by atoms with van der Waals surface area (Å²) in [4.78, 5) is 0. The highest BCUT2D eigenvalue weighted by atomic mass is 16.8. The summed E-state index contributed by atoms with van der Waals surface area (Å²) < 4.78 is 37.1. The normalized spacial score (nSPS) is 52.3. The Kier molecular flexibility index (Phi) is 15.6. The summed E-state index contributed by atoms with van der Waals surface area (Å²) in [5.41, 5.74) is -3.75. The van der Waals surface area contributed by atoms with E-state index in [4.69, 9.17) is 28.4 Å². The second-order valence-corrected chi connectivity index (χ2v) is 23.3. The summed E-state index contributed by atoms with van der Waals surface area (Å²) in [6.07, 6.45) is -15.8. The van der Waals surface area contributed by atoms with Gasteiger partial charge >= 0.3 is 0 Å². The largest absolute Gasteiger partial charge is 0.394 e. The monoisotopic (exact) mass is 963 g/mol. The SMILES string of the molecule is CC(C)(O)/C=C/C[C@](C)(OC1OC(CO)C(O)C(O)C1O)C1CC[C@]2(C)C1C(O)CC1[C@@]3(C)CCC(OC4OC(CO)C(O)C(O)C4OC4OC(CO)C(O)C(O)[C@H]4O)C(C)(C)C3CC[C@]12C. The zero-order valence-corrected chi connectivity index (χ0v) is 40.3. The molecular weight excluding hydrogens is 881 g/mol. The van der Waals surface area contributed by atoms with E-state index in [9.17, 15) is 66.4 Å². The van der Waals surface area contributed by atoms with E-state index >= 15 is 0 Å². The molecule has 7 rings (SSSR count). The van der Waals surface area contributed by atoms with Crippen LogP contribution in [0.1, 0.15) is 107 Å². The Hall–Kier alpha value is -1.02. The topological polar surface area (TPSA) is 318 Å². The van der Waals surface area contributed by atoms with Gasteiger partial charge in [-0.2, -0.15) is 0 Å². The lowest BCUT2D eigenvalue weighted by Crippen LogP contribution is -2.68. The Morgan fingerprint density at radius 1 is 0.582 bits per heavy atom. The Morgan fingerprint density at radius 3 is 1.67 bits per heavy atom. The van der Waals surface area contributed by atoms with Gasteiger partial charge in [0.2, 0.25) is 0 Å². The molecule has 0 aromatic carbocycles. The van der Waals surface area contributed by atoms with Gasteiger partial charge in [0.1, 0.15) is 73.2 Å². The molecule has 4 aliphatic carbocycles. The van der Waals surface area contributed by atoms with Crippen molar-refractivity contribution in [2.24, 2.45) is 45.3 Å². The van der Waals surface area contributed by atoms with E-state index in [2.05, 4.69) is 34.6 Å². The minimum Gasteiger partial charge on any atom is -0.394 e. The number of aliphatic hydroxyl groups is 13. The minimum atomic E-state index is -1.80. The number of hydrogen-bond donors (Lipinski definition) is 13. The van der Waals surface area contributed by atoms with Crippen LogP contribution in [0.2, 0.25) is 0 Å². The molecule has 19 heteroatoms. The first kappa shape index (κ1) is 53.8. The predicted octanol–water partition coefficient (Wildman–Crippen LogP) is -1.06. The third-order valence-corrected chi connectivity index (χ3v) is 18.7. The van der Waals surface area contributed by atoms with Gasteiger partial charge in [-0.05, 0) is 117 Å². The van der Waals surface area contributed by atoms with Crippen LogP contribution in [0.4, 0.5) is 0 Å².